The van der Waals surface area contributed by atoms with Gasteiger partial charge in [0.05, 0.1) is 24.3 Å². The third-order valence-corrected chi connectivity index (χ3v) is 8.42. The molecule has 0 aromatic heterocycles. The van der Waals surface area contributed by atoms with Gasteiger partial charge < -0.3 is 19.4 Å². The Labute approximate surface area is 260 Å². The summed E-state index contributed by atoms with van der Waals surface area (Å²) in [7, 11) is 0. The Bertz CT molecular complexity index is 1610. The molecule has 2 heterocycles. The number of nitrogens with zero attached hydrogens (tertiary/aromatic N) is 3. The zero-order valence-electron chi connectivity index (χ0n) is 25.6. The fourth-order valence-corrected chi connectivity index (χ4v) is 5.97. The number of aryl methyl sites for hydroxylation is 1. The number of anilines is 1. The third kappa shape index (κ3) is 7.05. The van der Waals surface area contributed by atoms with Gasteiger partial charge in [-0.3, -0.25) is 9.59 Å². The standard InChI is InChI=1S/C35H36F3N3O4/c1-4-45-34(44)32-24(3)41(31(42)21-30(32)26-13-11-23(2)12-14-26)22-25-7-5-8-27(19-25)33(43)40-17-15-39(16-18-40)29-10-6-9-28(20-29)35(36,37)38/h5-14,19-20,30H,4,15-18,21-22H2,1-3H3. The van der Waals surface area contributed by atoms with Crippen LogP contribution in [0.5, 0.6) is 0 Å². The van der Waals surface area contributed by atoms with Gasteiger partial charge in [0.1, 0.15) is 0 Å². The first kappa shape index (κ1) is 31.8. The van der Waals surface area contributed by atoms with E-state index < -0.39 is 23.6 Å². The summed E-state index contributed by atoms with van der Waals surface area (Å²) in [5.74, 6) is -1.19. The molecule has 1 unspecified atom stereocenters. The number of ether oxygens (including phenoxy) is 1. The van der Waals surface area contributed by atoms with Gasteiger partial charge in [0.25, 0.3) is 5.91 Å². The van der Waals surface area contributed by atoms with Crippen LogP contribution in [0.3, 0.4) is 0 Å². The molecule has 2 aliphatic heterocycles. The Hall–Kier alpha value is -4.60. The summed E-state index contributed by atoms with van der Waals surface area (Å²) >= 11 is 0. The number of piperazine rings is 1. The molecule has 0 saturated carbocycles. The summed E-state index contributed by atoms with van der Waals surface area (Å²) in [5, 5.41) is 0. The summed E-state index contributed by atoms with van der Waals surface area (Å²) in [6.07, 6.45) is -4.31. The molecule has 0 aliphatic carbocycles. The zero-order chi connectivity index (χ0) is 32.3. The van der Waals surface area contributed by atoms with Crippen LogP contribution in [0.2, 0.25) is 0 Å². The van der Waals surface area contributed by atoms with Crippen molar-refractivity contribution in [2.24, 2.45) is 0 Å². The highest BCUT2D eigenvalue weighted by Crippen LogP contribution is 2.38. The number of amides is 2. The van der Waals surface area contributed by atoms with Gasteiger partial charge >= 0.3 is 12.1 Å². The monoisotopic (exact) mass is 619 g/mol. The molecule has 1 atom stereocenters. The highest BCUT2D eigenvalue weighted by molar-refractivity contribution is 5.96. The molecular weight excluding hydrogens is 583 g/mol. The number of benzene rings is 3. The lowest BCUT2D eigenvalue weighted by atomic mass is 9.83. The van der Waals surface area contributed by atoms with E-state index in [9.17, 15) is 27.6 Å². The molecular formula is C35H36F3N3O4. The SMILES string of the molecule is CCOC(=O)C1=C(C)N(Cc2cccc(C(=O)N3CCN(c4cccc(C(F)(F)F)c4)CC3)c2)C(=O)CC1c1ccc(C)cc1. The summed E-state index contributed by atoms with van der Waals surface area (Å²) in [4.78, 5) is 45.2. The van der Waals surface area contributed by atoms with Gasteiger partial charge in [0.15, 0.2) is 0 Å². The summed E-state index contributed by atoms with van der Waals surface area (Å²) in [5.41, 5.74) is 3.88. The van der Waals surface area contributed by atoms with Gasteiger partial charge in [-0.2, -0.15) is 13.2 Å². The number of allylic oxidation sites excluding steroid dienone is 1. The molecule has 5 rings (SSSR count). The highest BCUT2D eigenvalue weighted by atomic mass is 19.4. The van der Waals surface area contributed by atoms with Gasteiger partial charge in [-0.05, 0) is 62.2 Å². The zero-order valence-corrected chi connectivity index (χ0v) is 25.6. The third-order valence-electron chi connectivity index (χ3n) is 8.42. The number of esters is 1. The molecule has 3 aromatic rings. The number of halogens is 3. The van der Waals surface area contributed by atoms with Crippen LogP contribution in [0.1, 0.15) is 58.8 Å². The number of hydrogen-bond acceptors (Lipinski definition) is 5. The lowest BCUT2D eigenvalue weighted by Crippen LogP contribution is -2.48. The van der Waals surface area contributed by atoms with Crippen LogP contribution in [0.4, 0.5) is 18.9 Å². The molecule has 2 aliphatic rings. The largest absolute Gasteiger partial charge is 0.463 e. The van der Waals surface area contributed by atoms with Gasteiger partial charge in [0, 0.05) is 55.5 Å². The smallest absolute Gasteiger partial charge is 0.416 e. The predicted octanol–water partition coefficient (Wildman–Crippen LogP) is 6.33. The van der Waals surface area contributed by atoms with Crippen molar-refractivity contribution in [3.05, 3.63) is 112 Å². The second-order valence-electron chi connectivity index (χ2n) is 11.4. The minimum atomic E-state index is -4.42. The number of carbonyl (C=O) groups excluding carboxylic acids is 3. The van der Waals surface area contributed by atoms with Gasteiger partial charge in [-0.25, -0.2) is 4.79 Å². The molecule has 0 spiro atoms. The van der Waals surface area contributed by atoms with Crippen LogP contribution in [-0.4, -0.2) is 60.4 Å². The first-order valence-electron chi connectivity index (χ1n) is 15.0. The van der Waals surface area contributed by atoms with E-state index in [1.807, 2.05) is 42.2 Å². The molecule has 1 fully saturated rings. The van der Waals surface area contributed by atoms with Crippen molar-refractivity contribution >= 4 is 23.5 Å². The van der Waals surface area contributed by atoms with Crippen molar-refractivity contribution < 1.29 is 32.3 Å². The molecule has 1 saturated heterocycles. The summed E-state index contributed by atoms with van der Waals surface area (Å²) in [6, 6.07) is 20.1. The minimum Gasteiger partial charge on any atom is -0.463 e. The van der Waals surface area contributed by atoms with Crippen LogP contribution in [-0.2, 0) is 27.0 Å². The van der Waals surface area contributed by atoms with E-state index in [0.717, 1.165) is 28.8 Å². The number of hydrogen-bond donors (Lipinski definition) is 0. The molecule has 10 heteroatoms. The Morgan fingerprint density at radius 1 is 0.911 bits per heavy atom. The van der Waals surface area contributed by atoms with Crippen molar-refractivity contribution in [3.63, 3.8) is 0 Å². The van der Waals surface area contributed by atoms with Crippen LogP contribution < -0.4 is 4.90 Å². The Kier molecular flexibility index (Phi) is 9.32. The predicted molar refractivity (Wildman–Crippen MR) is 164 cm³/mol. The van der Waals surface area contributed by atoms with Gasteiger partial charge in [-0.1, -0.05) is 48.0 Å². The van der Waals surface area contributed by atoms with Crippen molar-refractivity contribution in [1.29, 1.82) is 0 Å². The Morgan fingerprint density at radius 3 is 2.27 bits per heavy atom. The van der Waals surface area contributed by atoms with Crippen LogP contribution in [0, 0.1) is 6.92 Å². The molecule has 7 nitrogen and oxygen atoms in total. The Balaban J connectivity index is 1.31. The maximum absolute atomic E-state index is 13.5. The summed E-state index contributed by atoms with van der Waals surface area (Å²) < 4.78 is 44.9. The lowest BCUT2D eigenvalue weighted by Gasteiger charge is -2.36. The second-order valence-corrected chi connectivity index (χ2v) is 11.4. The minimum absolute atomic E-state index is 0.114. The van der Waals surface area contributed by atoms with Crippen molar-refractivity contribution in [3.8, 4) is 0 Å². The first-order chi connectivity index (χ1) is 21.5. The lowest BCUT2D eigenvalue weighted by molar-refractivity contribution is -0.140. The first-order valence-corrected chi connectivity index (χ1v) is 15.0. The van der Waals surface area contributed by atoms with Crippen molar-refractivity contribution in [1.82, 2.24) is 9.80 Å². The van der Waals surface area contributed by atoms with Crippen molar-refractivity contribution in [2.75, 3.05) is 37.7 Å². The number of carbonyl (C=O) groups is 3. The normalized spacial score (nSPS) is 17.5. The molecule has 0 bridgehead atoms. The molecule has 45 heavy (non-hydrogen) atoms. The average molecular weight is 620 g/mol. The quantitative estimate of drug-likeness (QED) is 0.289. The molecule has 236 valence electrons. The fraction of sp³-hybridized carbons (Fsp3) is 0.343. The van der Waals surface area contributed by atoms with E-state index in [0.29, 0.717) is 48.7 Å². The number of rotatable bonds is 7. The van der Waals surface area contributed by atoms with E-state index in [2.05, 4.69) is 0 Å². The second kappa shape index (κ2) is 13.2. The highest BCUT2D eigenvalue weighted by Gasteiger charge is 2.37. The molecule has 2 amide bonds. The molecule has 3 aromatic carbocycles. The van der Waals surface area contributed by atoms with Crippen LogP contribution in [0.15, 0.2) is 84.1 Å². The summed E-state index contributed by atoms with van der Waals surface area (Å²) in [6.45, 7) is 7.38. The fourth-order valence-electron chi connectivity index (χ4n) is 5.97. The van der Waals surface area contributed by atoms with E-state index in [1.54, 1.807) is 47.9 Å². The molecule has 0 N–H and O–H groups in total. The maximum atomic E-state index is 13.5. The van der Waals surface area contributed by atoms with Gasteiger partial charge in [-0.15, -0.1) is 0 Å². The topological polar surface area (TPSA) is 70.2 Å². The van der Waals surface area contributed by atoms with Crippen molar-refractivity contribution in [2.45, 2.75) is 45.8 Å². The average Bonchev–Trinajstić information content (AvgIpc) is 3.03. The number of alkyl halides is 3. The van der Waals surface area contributed by atoms with E-state index in [4.69, 9.17) is 4.74 Å². The van der Waals surface area contributed by atoms with E-state index >= 15 is 0 Å². The van der Waals surface area contributed by atoms with E-state index in [1.165, 1.54) is 6.07 Å². The molecule has 0 radical (unpaired) electrons. The Morgan fingerprint density at radius 2 is 1.60 bits per heavy atom. The maximum Gasteiger partial charge on any atom is 0.416 e. The van der Waals surface area contributed by atoms with Gasteiger partial charge in [0.2, 0.25) is 5.91 Å². The van der Waals surface area contributed by atoms with E-state index in [-0.39, 0.29) is 31.4 Å². The van der Waals surface area contributed by atoms with Crippen LogP contribution in [0.25, 0.3) is 0 Å². The van der Waals surface area contributed by atoms with Crippen LogP contribution >= 0.6 is 0 Å².